The minimum atomic E-state index is -4.12. The van der Waals surface area contributed by atoms with Gasteiger partial charge in [-0.2, -0.15) is 4.31 Å². The maximum Gasteiger partial charge on any atom is 0.278 e. The van der Waals surface area contributed by atoms with Gasteiger partial charge in [-0.3, -0.25) is 4.79 Å². The quantitative estimate of drug-likeness (QED) is 0.523. The van der Waals surface area contributed by atoms with E-state index < -0.39 is 22.5 Å². The fourth-order valence-electron chi connectivity index (χ4n) is 3.19. The number of anilines is 1. The molecular weight excluding hydrogens is 410 g/mol. The fourth-order valence-corrected chi connectivity index (χ4v) is 4.66. The van der Waals surface area contributed by atoms with Crippen LogP contribution in [0.2, 0.25) is 0 Å². The number of benzene rings is 3. The van der Waals surface area contributed by atoms with Crippen LogP contribution < -0.4 is 9.04 Å². The Morgan fingerprint density at radius 1 is 0.903 bits per heavy atom. The fraction of sp³-hybridized carbons (Fsp3) is 0.240. The number of sulfonamides is 1. The number of carbonyl (C=O) groups excluding carboxylic acids is 1. The van der Waals surface area contributed by atoms with Crippen molar-refractivity contribution in [3.8, 4) is 5.75 Å². The van der Waals surface area contributed by atoms with Gasteiger partial charge >= 0.3 is 0 Å². The predicted molar refractivity (Wildman–Crippen MR) is 123 cm³/mol. The molecule has 3 aromatic carbocycles. The molecule has 0 aliphatic rings. The smallest absolute Gasteiger partial charge is 0.278 e. The van der Waals surface area contributed by atoms with Crippen molar-refractivity contribution < 1.29 is 17.9 Å². The number of carbonyl (C=O) groups is 1. The maximum atomic E-state index is 13.5. The summed E-state index contributed by atoms with van der Waals surface area (Å²) in [6.45, 7) is 7.22. The van der Waals surface area contributed by atoms with Crippen molar-refractivity contribution in [1.29, 1.82) is 0 Å². The first-order valence-corrected chi connectivity index (χ1v) is 11.6. The Balaban J connectivity index is 1.97. The van der Waals surface area contributed by atoms with Gasteiger partial charge in [-0.1, -0.05) is 48.9 Å². The summed E-state index contributed by atoms with van der Waals surface area (Å²) >= 11 is 0. The number of rotatable bonds is 7. The van der Waals surface area contributed by atoms with E-state index in [1.54, 1.807) is 43.3 Å². The van der Waals surface area contributed by atoms with Gasteiger partial charge in [-0.25, -0.2) is 8.42 Å². The van der Waals surface area contributed by atoms with Crippen molar-refractivity contribution in [3.05, 3.63) is 89.0 Å². The highest BCUT2D eigenvalue weighted by Gasteiger charge is 2.32. The van der Waals surface area contributed by atoms with Crippen molar-refractivity contribution in [2.45, 2.75) is 39.0 Å². The van der Waals surface area contributed by atoms with Crippen LogP contribution in [0.25, 0.3) is 0 Å². The highest BCUT2D eigenvalue weighted by molar-refractivity contribution is 7.93. The molecule has 0 radical (unpaired) electrons. The Kier molecular flexibility index (Phi) is 6.81. The Hall–Kier alpha value is -3.12. The molecule has 0 bridgehead atoms. The second kappa shape index (κ2) is 9.35. The first-order valence-electron chi connectivity index (χ1n) is 10.2. The molecule has 0 aliphatic carbocycles. The van der Waals surface area contributed by atoms with Crippen molar-refractivity contribution in [3.63, 3.8) is 0 Å². The average Bonchev–Trinajstić information content (AvgIpc) is 2.76. The van der Waals surface area contributed by atoms with E-state index in [1.165, 1.54) is 12.1 Å². The van der Waals surface area contributed by atoms with E-state index >= 15 is 0 Å². The van der Waals surface area contributed by atoms with Gasteiger partial charge in [-0.15, -0.1) is 0 Å². The van der Waals surface area contributed by atoms with Gasteiger partial charge in [0.05, 0.1) is 10.6 Å². The molecular formula is C25H27NO4S. The van der Waals surface area contributed by atoms with E-state index in [2.05, 4.69) is 6.92 Å². The standard InChI is InChI=1S/C25H27NO4S/c1-5-21-11-13-22(14-12-21)30-17-25(27)26(24-8-6-7-19(3)20(24)4)31(28,29)23-15-9-18(2)10-16-23/h6-16H,5,17H2,1-4H3. The molecule has 1 amide bonds. The topological polar surface area (TPSA) is 63.7 Å². The monoisotopic (exact) mass is 437 g/mol. The molecule has 0 aromatic heterocycles. The predicted octanol–water partition coefficient (Wildman–Crippen LogP) is 4.98. The lowest BCUT2D eigenvalue weighted by molar-refractivity contribution is -0.119. The van der Waals surface area contributed by atoms with Crippen molar-refractivity contribution in [2.24, 2.45) is 0 Å². The molecule has 0 heterocycles. The lowest BCUT2D eigenvalue weighted by Crippen LogP contribution is -2.40. The highest BCUT2D eigenvalue weighted by atomic mass is 32.2. The van der Waals surface area contributed by atoms with Gasteiger partial charge in [0, 0.05) is 0 Å². The van der Waals surface area contributed by atoms with Crippen LogP contribution in [0.3, 0.4) is 0 Å². The zero-order chi connectivity index (χ0) is 22.6. The first-order chi connectivity index (χ1) is 14.7. The van der Waals surface area contributed by atoms with Crippen LogP contribution in [0, 0.1) is 20.8 Å². The molecule has 0 fully saturated rings. The zero-order valence-corrected chi connectivity index (χ0v) is 19.1. The summed E-state index contributed by atoms with van der Waals surface area (Å²) in [5, 5.41) is 0. The number of hydrogen-bond acceptors (Lipinski definition) is 4. The Bertz CT molecular complexity index is 1170. The van der Waals surface area contributed by atoms with Crippen LogP contribution in [0.15, 0.2) is 71.6 Å². The molecule has 0 atom stereocenters. The SMILES string of the molecule is CCc1ccc(OCC(=O)N(c2cccc(C)c2C)S(=O)(=O)c2ccc(C)cc2)cc1. The van der Waals surface area contributed by atoms with Gasteiger partial charge < -0.3 is 4.74 Å². The Morgan fingerprint density at radius 2 is 1.55 bits per heavy atom. The summed E-state index contributed by atoms with van der Waals surface area (Å²) in [6, 6.07) is 19.1. The molecule has 0 saturated heterocycles. The van der Waals surface area contributed by atoms with E-state index in [1.807, 2.05) is 32.0 Å². The number of amides is 1. The summed E-state index contributed by atoms with van der Waals surface area (Å²) in [7, 11) is -4.12. The van der Waals surface area contributed by atoms with Gasteiger partial charge in [0.25, 0.3) is 15.9 Å². The molecule has 0 unspecified atom stereocenters. The summed E-state index contributed by atoms with van der Waals surface area (Å²) in [4.78, 5) is 13.3. The molecule has 3 aromatic rings. The molecule has 0 aliphatic heterocycles. The lowest BCUT2D eigenvalue weighted by Gasteiger charge is -2.25. The van der Waals surface area contributed by atoms with E-state index in [4.69, 9.17) is 4.74 Å². The summed E-state index contributed by atoms with van der Waals surface area (Å²) in [6.07, 6.45) is 0.897. The number of aryl methyl sites for hydroxylation is 3. The number of ether oxygens (including phenoxy) is 1. The molecule has 162 valence electrons. The van der Waals surface area contributed by atoms with E-state index in [0.717, 1.165) is 33.0 Å². The largest absolute Gasteiger partial charge is 0.484 e. The van der Waals surface area contributed by atoms with Gasteiger partial charge in [0.15, 0.2) is 6.61 Å². The van der Waals surface area contributed by atoms with Gasteiger partial charge in [-0.05, 0) is 74.2 Å². The Morgan fingerprint density at radius 3 is 2.16 bits per heavy atom. The normalized spacial score (nSPS) is 11.2. The second-order valence-corrected chi connectivity index (χ2v) is 9.27. The van der Waals surface area contributed by atoms with Crippen LogP contribution in [-0.2, 0) is 21.2 Å². The first kappa shape index (κ1) is 22.6. The lowest BCUT2D eigenvalue weighted by atomic mass is 10.1. The molecule has 0 saturated carbocycles. The molecule has 31 heavy (non-hydrogen) atoms. The average molecular weight is 438 g/mol. The minimum absolute atomic E-state index is 0.0552. The van der Waals surface area contributed by atoms with Crippen LogP contribution in [0.1, 0.15) is 29.2 Å². The van der Waals surface area contributed by atoms with Crippen LogP contribution in [0.5, 0.6) is 5.75 Å². The maximum absolute atomic E-state index is 13.5. The van der Waals surface area contributed by atoms with E-state index in [-0.39, 0.29) is 4.90 Å². The minimum Gasteiger partial charge on any atom is -0.484 e. The number of hydrogen-bond donors (Lipinski definition) is 0. The van der Waals surface area contributed by atoms with E-state index in [0.29, 0.717) is 11.4 Å². The zero-order valence-electron chi connectivity index (χ0n) is 18.3. The summed E-state index contributed by atoms with van der Waals surface area (Å²) in [5.41, 5.74) is 4.03. The highest BCUT2D eigenvalue weighted by Crippen LogP contribution is 2.29. The molecule has 0 spiro atoms. The van der Waals surface area contributed by atoms with Crippen molar-refractivity contribution >= 4 is 21.6 Å². The van der Waals surface area contributed by atoms with Crippen LogP contribution >= 0.6 is 0 Å². The molecule has 5 nitrogen and oxygen atoms in total. The third-order valence-corrected chi connectivity index (χ3v) is 7.02. The van der Waals surface area contributed by atoms with Crippen molar-refractivity contribution in [1.82, 2.24) is 0 Å². The van der Waals surface area contributed by atoms with Gasteiger partial charge in [0.2, 0.25) is 0 Å². The molecule has 3 rings (SSSR count). The van der Waals surface area contributed by atoms with Crippen LogP contribution in [0.4, 0.5) is 5.69 Å². The second-order valence-electron chi connectivity index (χ2n) is 7.48. The van der Waals surface area contributed by atoms with Gasteiger partial charge in [0.1, 0.15) is 5.75 Å². The Labute approximate surface area is 184 Å². The molecule has 6 heteroatoms. The van der Waals surface area contributed by atoms with E-state index in [9.17, 15) is 13.2 Å². The third-order valence-electron chi connectivity index (χ3n) is 5.27. The molecule has 0 N–H and O–H groups in total. The summed E-state index contributed by atoms with van der Waals surface area (Å²) < 4.78 is 33.5. The summed E-state index contributed by atoms with van der Waals surface area (Å²) in [5.74, 6) is -0.145. The van der Waals surface area contributed by atoms with Crippen molar-refractivity contribution in [2.75, 3.05) is 10.9 Å². The van der Waals surface area contributed by atoms with Crippen LogP contribution in [-0.4, -0.2) is 20.9 Å². The third kappa shape index (κ3) is 4.97. The number of nitrogens with zero attached hydrogens (tertiary/aromatic N) is 1.